The van der Waals surface area contributed by atoms with E-state index in [2.05, 4.69) is 0 Å². The number of Topliss-reactive ketones (excluding diaryl/α,β-unsaturated/α-hetero) is 1. The monoisotopic (exact) mass is 399 g/mol. The molecule has 2 aromatic carbocycles. The number of aryl methyl sites for hydroxylation is 1. The van der Waals surface area contributed by atoms with Crippen molar-refractivity contribution in [3.05, 3.63) is 76.5 Å². The molecule has 1 atom stereocenters. The van der Waals surface area contributed by atoms with Crippen LogP contribution in [-0.2, 0) is 15.8 Å². The Balaban J connectivity index is 1.92. The lowest BCUT2D eigenvalue weighted by Gasteiger charge is -2.39. The first-order valence-electron chi connectivity index (χ1n) is 9.60. The van der Waals surface area contributed by atoms with Crippen LogP contribution in [0.25, 0.3) is 0 Å². The third kappa shape index (κ3) is 3.37. The molecule has 0 spiro atoms. The van der Waals surface area contributed by atoms with Gasteiger partial charge in [-0.2, -0.15) is 13.2 Å². The van der Waals surface area contributed by atoms with E-state index in [-0.39, 0.29) is 17.9 Å². The van der Waals surface area contributed by atoms with Crippen LogP contribution in [0, 0.1) is 6.92 Å². The molecule has 1 heterocycles. The summed E-state index contributed by atoms with van der Waals surface area (Å²) in [6.45, 7) is 1.92. The molecule has 150 valence electrons. The van der Waals surface area contributed by atoms with E-state index in [0.29, 0.717) is 30.5 Å². The van der Waals surface area contributed by atoms with Crippen LogP contribution in [0.2, 0.25) is 0 Å². The van der Waals surface area contributed by atoms with Crippen LogP contribution in [-0.4, -0.2) is 11.7 Å². The minimum absolute atomic E-state index is 0.0262. The van der Waals surface area contributed by atoms with Gasteiger partial charge in [-0.3, -0.25) is 14.5 Å². The zero-order chi connectivity index (χ0) is 20.8. The van der Waals surface area contributed by atoms with Gasteiger partial charge in [0.25, 0.3) is 0 Å². The second kappa shape index (κ2) is 7.17. The van der Waals surface area contributed by atoms with Crippen molar-refractivity contribution in [3.63, 3.8) is 0 Å². The largest absolute Gasteiger partial charge is 0.418 e. The van der Waals surface area contributed by atoms with Gasteiger partial charge in [-0.1, -0.05) is 36.4 Å². The van der Waals surface area contributed by atoms with Gasteiger partial charge >= 0.3 is 6.18 Å². The lowest BCUT2D eigenvalue weighted by molar-refractivity contribution is -0.137. The van der Waals surface area contributed by atoms with Crippen molar-refractivity contribution < 1.29 is 22.8 Å². The highest BCUT2D eigenvalue weighted by Gasteiger charge is 2.43. The molecule has 1 aliphatic carbocycles. The number of nitrogens with zero attached hydrogens (tertiary/aromatic N) is 1. The Kier molecular flexibility index (Phi) is 4.81. The highest BCUT2D eigenvalue weighted by molar-refractivity contribution is 6.07. The average Bonchev–Trinajstić information content (AvgIpc) is 2.67. The summed E-state index contributed by atoms with van der Waals surface area (Å²) in [6.07, 6.45) is -3.34. The molecule has 0 saturated heterocycles. The number of amides is 1. The fraction of sp³-hybridized carbons (Fsp3) is 0.304. The molecule has 0 aromatic heterocycles. The smallest absolute Gasteiger partial charge is 0.294 e. The SMILES string of the molecule is Cc1ccccc1C1CC(=O)N(c2ccccc2C(F)(F)F)C2=C1C(=O)CCC2. The van der Waals surface area contributed by atoms with E-state index < -0.39 is 23.6 Å². The lowest BCUT2D eigenvalue weighted by atomic mass is 9.76. The van der Waals surface area contributed by atoms with Crippen LogP contribution in [0.15, 0.2) is 59.8 Å². The molecule has 6 heteroatoms. The number of hydrogen-bond acceptors (Lipinski definition) is 2. The van der Waals surface area contributed by atoms with Gasteiger partial charge in [0.1, 0.15) is 0 Å². The van der Waals surface area contributed by atoms with E-state index in [1.807, 2.05) is 31.2 Å². The van der Waals surface area contributed by atoms with E-state index in [0.717, 1.165) is 22.1 Å². The summed E-state index contributed by atoms with van der Waals surface area (Å²) in [7, 11) is 0. The van der Waals surface area contributed by atoms with Crippen molar-refractivity contribution in [2.75, 3.05) is 4.90 Å². The molecule has 0 fully saturated rings. The molecular weight excluding hydrogens is 379 g/mol. The summed E-state index contributed by atoms with van der Waals surface area (Å²) in [4.78, 5) is 27.2. The molecule has 1 unspecified atom stereocenters. The second-order valence-electron chi connectivity index (χ2n) is 7.49. The first-order valence-corrected chi connectivity index (χ1v) is 9.60. The standard InChI is InChI=1S/C23H20F3NO2/c1-14-7-2-3-8-15(14)16-13-21(29)27(19-11-6-12-20(28)22(16)19)18-10-5-4-9-17(18)23(24,25)26/h2-5,7-10,16H,6,11-13H2,1H3. The van der Waals surface area contributed by atoms with Gasteiger partial charge in [0, 0.05) is 30.0 Å². The molecule has 2 aromatic rings. The van der Waals surface area contributed by atoms with Crippen molar-refractivity contribution in [1.29, 1.82) is 0 Å². The predicted molar refractivity (Wildman–Crippen MR) is 103 cm³/mol. The molecule has 2 aliphatic rings. The van der Waals surface area contributed by atoms with Gasteiger partial charge in [0.15, 0.2) is 5.78 Å². The van der Waals surface area contributed by atoms with Gasteiger partial charge in [-0.05, 0) is 43.0 Å². The maximum absolute atomic E-state index is 13.6. The van der Waals surface area contributed by atoms with Gasteiger partial charge < -0.3 is 0 Å². The number of rotatable bonds is 2. The summed E-state index contributed by atoms with van der Waals surface area (Å²) in [5, 5.41) is 0. The fourth-order valence-corrected chi connectivity index (χ4v) is 4.42. The number of alkyl halides is 3. The molecule has 4 rings (SSSR count). The van der Waals surface area contributed by atoms with Crippen molar-refractivity contribution in [2.45, 2.75) is 44.7 Å². The Bertz CT molecular complexity index is 1020. The average molecular weight is 399 g/mol. The first-order chi connectivity index (χ1) is 13.8. The Hall–Kier alpha value is -2.89. The minimum Gasteiger partial charge on any atom is -0.294 e. The maximum atomic E-state index is 13.6. The highest BCUT2D eigenvalue weighted by Crippen LogP contribution is 2.46. The van der Waals surface area contributed by atoms with Gasteiger partial charge in [0.2, 0.25) is 5.91 Å². The maximum Gasteiger partial charge on any atom is 0.418 e. The minimum atomic E-state index is -4.59. The van der Waals surface area contributed by atoms with E-state index >= 15 is 0 Å². The third-order valence-corrected chi connectivity index (χ3v) is 5.69. The zero-order valence-corrected chi connectivity index (χ0v) is 15.9. The van der Waals surface area contributed by atoms with E-state index in [1.165, 1.54) is 18.2 Å². The predicted octanol–water partition coefficient (Wildman–Crippen LogP) is 5.54. The zero-order valence-electron chi connectivity index (χ0n) is 15.9. The molecule has 29 heavy (non-hydrogen) atoms. The molecule has 0 bridgehead atoms. The fourth-order valence-electron chi connectivity index (χ4n) is 4.42. The molecule has 0 saturated carbocycles. The van der Waals surface area contributed by atoms with Crippen molar-refractivity contribution in [2.24, 2.45) is 0 Å². The molecule has 0 N–H and O–H groups in total. The number of allylic oxidation sites excluding steroid dienone is 2. The second-order valence-corrected chi connectivity index (χ2v) is 7.49. The van der Waals surface area contributed by atoms with Crippen LogP contribution in [0.4, 0.5) is 18.9 Å². The lowest BCUT2D eigenvalue weighted by Crippen LogP contribution is -2.41. The first kappa shape index (κ1) is 19.4. The van der Waals surface area contributed by atoms with Crippen LogP contribution in [0.3, 0.4) is 0 Å². The van der Waals surface area contributed by atoms with Crippen LogP contribution < -0.4 is 4.90 Å². The van der Waals surface area contributed by atoms with Gasteiger partial charge in [-0.15, -0.1) is 0 Å². The Morgan fingerprint density at radius 1 is 0.966 bits per heavy atom. The van der Waals surface area contributed by atoms with E-state index in [9.17, 15) is 22.8 Å². The molecule has 1 amide bonds. The third-order valence-electron chi connectivity index (χ3n) is 5.69. The Morgan fingerprint density at radius 3 is 2.38 bits per heavy atom. The van der Waals surface area contributed by atoms with Gasteiger partial charge in [-0.25, -0.2) is 0 Å². The van der Waals surface area contributed by atoms with Gasteiger partial charge in [0.05, 0.1) is 11.3 Å². The Morgan fingerprint density at radius 2 is 1.66 bits per heavy atom. The topological polar surface area (TPSA) is 37.4 Å². The van der Waals surface area contributed by atoms with Crippen LogP contribution in [0.1, 0.15) is 48.3 Å². The number of hydrogen-bond donors (Lipinski definition) is 0. The molecule has 1 aliphatic heterocycles. The number of benzene rings is 2. The number of anilines is 1. The van der Waals surface area contributed by atoms with E-state index in [4.69, 9.17) is 0 Å². The molecule has 0 radical (unpaired) electrons. The van der Waals surface area contributed by atoms with Crippen LogP contribution in [0.5, 0.6) is 0 Å². The molecule has 3 nitrogen and oxygen atoms in total. The van der Waals surface area contributed by atoms with E-state index in [1.54, 1.807) is 0 Å². The summed E-state index contributed by atoms with van der Waals surface area (Å²) in [5.74, 6) is -0.911. The number of carbonyl (C=O) groups excluding carboxylic acids is 2. The normalized spacial score (nSPS) is 20.1. The van der Waals surface area contributed by atoms with Crippen molar-refractivity contribution >= 4 is 17.4 Å². The number of carbonyl (C=O) groups is 2. The highest BCUT2D eigenvalue weighted by atomic mass is 19.4. The van der Waals surface area contributed by atoms with Crippen molar-refractivity contribution in [1.82, 2.24) is 0 Å². The summed E-state index contributed by atoms with van der Waals surface area (Å²) >= 11 is 0. The van der Waals surface area contributed by atoms with Crippen molar-refractivity contribution in [3.8, 4) is 0 Å². The number of halogens is 3. The van der Waals surface area contributed by atoms with Crippen LogP contribution >= 0.6 is 0 Å². The molecular formula is C23H20F3NO2. The summed E-state index contributed by atoms with van der Waals surface area (Å²) < 4.78 is 40.8. The summed E-state index contributed by atoms with van der Waals surface area (Å²) in [6, 6.07) is 12.6. The summed E-state index contributed by atoms with van der Waals surface area (Å²) in [5.41, 5.74) is 1.68. The number of para-hydroxylation sites is 1. The Labute approximate surface area is 166 Å². The number of ketones is 1. The quantitative estimate of drug-likeness (QED) is 0.665.